The fraction of sp³-hybridized carbons (Fsp3) is 0.412. The van der Waals surface area contributed by atoms with E-state index in [4.69, 9.17) is 4.74 Å². The van der Waals surface area contributed by atoms with Gasteiger partial charge in [0.25, 0.3) is 5.91 Å². The van der Waals surface area contributed by atoms with Crippen LogP contribution in [0.1, 0.15) is 32.8 Å². The van der Waals surface area contributed by atoms with E-state index in [0.29, 0.717) is 17.9 Å². The second-order valence-corrected chi connectivity index (χ2v) is 5.29. The Hall–Kier alpha value is -2.30. The van der Waals surface area contributed by atoms with Gasteiger partial charge in [-0.15, -0.1) is 0 Å². The third-order valence-corrected chi connectivity index (χ3v) is 3.87. The molecule has 118 valence electrons. The Morgan fingerprint density at radius 2 is 1.91 bits per heavy atom. The van der Waals surface area contributed by atoms with Crippen molar-refractivity contribution in [2.24, 2.45) is 0 Å². The number of aliphatic hydroxyl groups is 1. The van der Waals surface area contributed by atoms with Crippen LogP contribution in [0.5, 0.6) is 5.75 Å². The first kappa shape index (κ1) is 16.1. The maximum absolute atomic E-state index is 12.4. The number of Topliss-reactive ketones (excluding diaryl/α,β-unsaturated/α-hetero) is 1. The van der Waals surface area contributed by atoms with E-state index < -0.39 is 5.91 Å². The summed E-state index contributed by atoms with van der Waals surface area (Å²) in [5.41, 5.74) is 0.315. The van der Waals surface area contributed by atoms with Gasteiger partial charge < -0.3 is 14.7 Å². The second kappa shape index (κ2) is 6.64. The molecule has 1 amide bonds. The maximum atomic E-state index is 12.4. The first-order valence-corrected chi connectivity index (χ1v) is 7.50. The number of nitrogens with zero attached hydrogens (tertiary/aromatic N) is 1. The van der Waals surface area contributed by atoms with Crippen LogP contribution in [0.15, 0.2) is 29.8 Å². The van der Waals surface area contributed by atoms with Crippen LogP contribution in [0.3, 0.4) is 0 Å². The molecule has 0 spiro atoms. The summed E-state index contributed by atoms with van der Waals surface area (Å²) in [6, 6.07) is 6.65. The molecule has 1 aliphatic heterocycles. The molecule has 22 heavy (non-hydrogen) atoms. The number of benzene rings is 1. The number of hydrogen-bond acceptors (Lipinski definition) is 4. The van der Waals surface area contributed by atoms with Gasteiger partial charge in [0.1, 0.15) is 17.1 Å². The van der Waals surface area contributed by atoms with E-state index in [9.17, 15) is 14.7 Å². The quantitative estimate of drug-likeness (QED) is 0.516. The van der Waals surface area contributed by atoms with Gasteiger partial charge in [0, 0.05) is 11.6 Å². The third kappa shape index (κ3) is 2.98. The number of hydrogen-bond donors (Lipinski definition) is 1. The number of amides is 1. The molecular weight excluding hydrogens is 282 g/mol. The maximum Gasteiger partial charge on any atom is 0.262 e. The molecule has 1 N–H and O–H groups in total. The van der Waals surface area contributed by atoms with Gasteiger partial charge in [-0.25, -0.2) is 0 Å². The second-order valence-electron chi connectivity index (χ2n) is 5.29. The zero-order valence-electron chi connectivity index (χ0n) is 13.1. The van der Waals surface area contributed by atoms with Crippen LogP contribution < -0.4 is 4.74 Å². The van der Waals surface area contributed by atoms with E-state index >= 15 is 0 Å². The zero-order chi connectivity index (χ0) is 16.3. The van der Waals surface area contributed by atoms with E-state index in [2.05, 4.69) is 0 Å². The van der Waals surface area contributed by atoms with Gasteiger partial charge in [-0.05, 0) is 44.5 Å². The average Bonchev–Trinajstić information content (AvgIpc) is 2.82. The number of likely N-dealkylation sites (tertiary alicyclic amines) is 1. The summed E-state index contributed by atoms with van der Waals surface area (Å²) < 4.78 is 5.33. The Morgan fingerprint density at radius 3 is 2.45 bits per heavy atom. The van der Waals surface area contributed by atoms with Crippen molar-refractivity contribution in [2.75, 3.05) is 13.2 Å². The molecular formula is C17H21NO4. The summed E-state index contributed by atoms with van der Waals surface area (Å²) >= 11 is 0. The topological polar surface area (TPSA) is 66.8 Å². The highest BCUT2D eigenvalue weighted by Gasteiger charge is 2.38. The standard InChI is InChI=1S/C17H21NO4/c1-4-11(3)18-10-14(19)15(17(18)21)16(20)12-6-8-13(9-7-12)22-5-2/h6-9,11,20H,4-5,10H2,1-3H3/b16-15-. The molecule has 1 heterocycles. The molecule has 1 unspecified atom stereocenters. The molecule has 1 aromatic rings. The van der Waals surface area contributed by atoms with Crippen molar-refractivity contribution in [3.05, 3.63) is 35.4 Å². The number of ether oxygens (including phenoxy) is 1. The minimum absolute atomic E-state index is 0.0259. The van der Waals surface area contributed by atoms with E-state index in [0.717, 1.165) is 6.42 Å². The highest BCUT2D eigenvalue weighted by molar-refractivity contribution is 6.28. The average molecular weight is 303 g/mol. The Labute approximate surface area is 130 Å². The number of aliphatic hydroxyl groups excluding tert-OH is 1. The summed E-state index contributed by atoms with van der Waals surface area (Å²) in [7, 11) is 0. The monoisotopic (exact) mass is 303 g/mol. The van der Waals surface area contributed by atoms with Crippen LogP contribution in [-0.4, -0.2) is 40.9 Å². The lowest BCUT2D eigenvalue weighted by molar-refractivity contribution is -0.126. The fourth-order valence-electron chi connectivity index (χ4n) is 2.40. The van der Waals surface area contributed by atoms with Crippen molar-refractivity contribution in [2.45, 2.75) is 33.2 Å². The number of carbonyl (C=O) groups is 2. The summed E-state index contributed by atoms with van der Waals surface area (Å²) in [6.07, 6.45) is 0.760. The molecule has 2 rings (SSSR count). The van der Waals surface area contributed by atoms with Crippen LogP contribution in [-0.2, 0) is 9.59 Å². The molecule has 1 fully saturated rings. The van der Waals surface area contributed by atoms with Gasteiger partial charge in [0.05, 0.1) is 13.2 Å². The molecule has 0 bridgehead atoms. The summed E-state index contributed by atoms with van der Waals surface area (Å²) in [5, 5.41) is 10.3. The molecule has 0 aromatic heterocycles. The lowest BCUT2D eigenvalue weighted by Crippen LogP contribution is -2.34. The van der Waals surface area contributed by atoms with Gasteiger partial charge in [-0.3, -0.25) is 9.59 Å². The Balaban J connectivity index is 2.32. The number of rotatable bonds is 5. The van der Waals surface area contributed by atoms with Crippen molar-refractivity contribution < 1.29 is 19.4 Å². The van der Waals surface area contributed by atoms with Gasteiger partial charge in [-0.2, -0.15) is 0 Å². The smallest absolute Gasteiger partial charge is 0.262 e. The first-order valence-electron chi connectivity index (χ1n) is 7.50. The largest absolute Gasteiger partial charge is 0.506 e. The molecule has 0 aliphatic carbocycles. The minimum atomic E-state index is -0.397. The molecule has 1 aliphatic rings. The molecule has 1 atom stereocenters. The lowest BCUT2D eigenvalue weighted by Gasteiger charge is -2.21. The normalized spacial score (nSPS) is 18.6. The number of carbonyl (C=O) groups excluding carboxylic acids is 2. The fourth-order valence-corrected chi connectivity index (χ4v) is 2.40. The molecule has 1 saturated heterocycles. The summed E-state index contributed by atoms with van der Waals surface area (Å²) in [4.78, 5) is 26.0. The summed E-state index contributed by atoms with van der Waals surface area (Å²) in [6.45, 7) is 6.31. The van der Waals surface area contributed by atoms with Crippen molar-refractivity contribution in [3.63, 3.8) is 0 Å². The van der Waals surface area contributed by atoms with Gasteiger partial charge in [0.15, 0.2) is 5.78 Å². The Bertz CT molecular complexity index is 604. The van der Waals surface area contributed by atoms with E-state index in [1.807, 2.05) is 20.8 Å². The van der Waals surface area contributed by atoms with Crippen molar-refractivity contribution >= 4 is 17.4 Å². The van der Waals surface area contributed by atoms with E-state index in [1.54, 1.807) is 24.3 Å². The number of ketones is 1. The van der Waals surface area contributed by atoms with Crippen molar-refractivity contribution in [1.29, 1.82) is 0 Å². The highest BCUT2D eigenvalue weighted by atomic mass is 16.5. The van der Waals surface area contributed by atoms with Crippen molar-refractivity contribution in [1.82, 2.24) is 4.90 Å². The minimum Gasteiger partial charge on any atom is -0.506 e. The molecule has 0 saturated carbocycles. The van der Waals surface area contributed by atoms with Crippen LogP contribution in [0.25, 0.3) is 5.76 Å². The van der Waals surface area contributed by atoms with Crippen LogP contribution in [0.2, 0.25) is 0 Å². The predicted octanol–water partition coefficient (Wildman–Crippen LogP) is 2.56. The van der Waals surface area contributed by atoms with Crippen LogP contribution in [0.4, 0.5) is 0 Å². The molecule has 5 heteroatoms. The van der Waals surface area contributed by atoms with Crippen LogP contribution >= 0.6 is 0 Å². The molecule has 1 aromatic carbocycles. The van der Waals surface area contributed by atoms with Gasteiger partial charge in [0.2, 0.25) is 0 Å². The predicted molar refractivity (Wildman–Crippen MR) is 83.6 cm³/mol. The molecule has 0 radical (unpaired) electrons. The van der Waals surface area contributed by atoms with Crippen molar-refractivity contribution in [3.8, 4) is 5.75 Å². The SMILES string of the molecule is CCOc1ccc(/C(O)=C2\C(=O)CN(C(C)CC)C2=O)cc1. The Morgan fingerprint density at radius 1 is 1.27 bits per heavy atom. The zero-order valence-corrected chi connectivity index (χ0v) is 13.1. The summed E-state index contributed by atoms with van der Waals surface area (Å²) in [5.74, 6) is -0.319. The van der Waals surface area contributed by atoms with Crippen LogP contribution in [0, 0.1) is 0 Å². The van der Waals surface area contributed by atoms with Gasteiger partial charge in [-0.1, -0.05) is 6.92 Å². The van der Waals surface area contributed by atoms with E-state index in [-0.39, 0.29) is 29.7 Å². The third-order valence-electron chi connectivity index (χ3n) is 3.87. The lowest BCUT2D eigenvalue weighted by atomic mass is 10.1. The van der Waals surface area contributed by atoms with Gasteiger partial charge >= 0.3 is 0 Å². The van der Waals surface area contributed by atoms with E-state index in [1.165, 1.54) is 4.90 Å². The molecule has 5 nitrogen and oxygen atoms in total. The first-order chi connectivity index (χ1) is 10.5. The Kier molecular flexibility index (Phi) is 4.85. The highest BCUT2D eigenvalue weighted by Crippen LogP contribution is 2.26.